The number of thiophene rings is 1. The third-order valence-corrected chi connectivity index (χ3v) is 4.81. The van der Waals surface area contributed by atoms with Gasteiger partial charge in [0.15, 0.2) is 0 Å². The smallest absolute Gasteiger partial charge is 0.260 e. The first kappa shape index (κ1) is 12.9. The third kappa shape index (κ3) is 1.88. The SMILES string of the molecule is CC(Cl)c1nc2sc3c(c2c(=O)[nH]1)-c1ccccc1OC3. The van der Waals surface area contributed by atoms with Gasteiger partial charge in [-0.1, -0.05) is 18.2 Å². The van der Waals surface area contributed by atoms with Crippen LogP contribution in [-0.4, -0.2) is 9.97 Å². The van der Waals surface area contributed by atoms with E-state index in [-0.39, 0.29) is 10.9 Å². The van der Waals surface area contributed by atoms with Crippen LogP contribution in [0.15, 0.2) is 29.1 Å². The quantitative estimate of drug-likeness (QED) is 0.693. The molecule has 3 heterocycles. The number of H-pyrrole nitrogens is 1. The Balaban J connectivity index is 2.09. The Morgan fingerprint density at radius 2 is 2.24 bits per heavy atom. The van der Waals surface area contributed by atoms with Crippen LogP contribution in [0.2, 0.25) is 0 Å². The summed E-state index contributed by atoms with van der Waals surface area (Å²) < 4.78 is 5.74. The molecule has 0 amide bonds. The molecule has 3 aromatic rings. The van der Waals surface area contributed by atoms with E-state index in [0.717, 1.165) is 21.8 Å². The van der Waals surface area contributed by atoms with Crippen LogP contribution in [0.3, 0.4) is 0 Å². The number of para-hydroxylation sites is 1. The zero-order chi connectivity index (χ0) is 14.6. The van der Waals surface area contributed by atoms with Crippen LogP contribution >= 0.6 is 22.9 Å². The van der Waals surface area contributed by atoms with Crippen molar-refractivity contribution < 1.29 is 4.74 Å². The van der Waals surface area contributed by atoms with Crippen LogP contribution in [0.1, 0.15) is 23.0 Å². The van der Waals surface area contributed by atoms with Crippen molar-refractivity contribution in [2.75, 3.05) is 0 Å². The Bertz CT molecular complexity index is 914. The zero-order valence-electron chi connectivity index (χ0n) is 11.1. The number of ether oxygens (including phenoxy) is 1. The molecule has 0 saturated heterocycles. The van der Waals surface area contributed by atoms with E-state index in [0.29, 0.717) is 22.6 Å². The molecule has 1 aromatic carbocycles. The van der Waals surface area contributed by atoms with Crippen molar-refractivity contribution >= 4 is 33.2 Å². The summed E-state index contributed by atoms with van der Waals surface area (Å²) in [6.45, 7) is 2.26. The van der Waals surface area contributed by atoms with Crippen LogP contribution in [0, 0.1) is 0 Å². The molecule has 1 aliphatic rings. The van der Waals surface area contributed by atoms with Crippen LogP contribution in [0.25, 0.3) is 21.3 Å². The lowest BCUT2D eigenvalue weighted by Crippen LogP contribution is -2.12. The van der Waals surface area contributed by atoms with E-state index in [2.05, 4.69) is 9.97 Å². The highest BCUT2D eigenvalue weighted by Crippen LogP contribution is 2.44. The van der Waals surface area contributed by atoms with Crippen molar-refractivity contribution in [1.82, 2.24) is 9.97 Å². The molecular weight excluding hydrogens is 308 g/mol. The topological polar surface area (TPSA) is 55.0 Å². The number of aromatic nitrogens is 2. The molecule has 4 rings (SSSR count). The van der Waals surface area contributed by atoms with E-state index in [4.69, 9.17) is 16.3 Å². The fourth-order valence-corrected chi connectivity index (χ4v) is 3.80. The first-order valence-electron chi connectivity index (χ1n) is 6.57. The second kappa shape index (κ2) is 4.58. The van der Waals surface area contributed by atoms with Crippen LogP contribution in [-0.2, 0) is 6.61 Å². The van der Waals surface area contributed by atoms with Crippen molar-refractivity contribution in [3.05, 3.63) is 45.3 Å². The Hall–Kier alpha value is -1.85. The normalized spacial score (nSPS) is 14.4. The van der Waals surface area contributed by atoms with Gasteiger partial charge in [-0.05, 0) is 13.0 Å². The fourth-order valence-electron chi connectivity index (χ4n) is 2.59. The summed E-state index contributed by atoms with van der Waals surface area (Å²) in [5, 5.41) is 0.302. The standard InChI is InChI=1S/C15H11ClN2O2S/c1-7(16)13-17-14(19)12-11-8-4-2-3-5-9(8)20-6-10(11)21-15(12)18-13/h2-5,7H,6H2,1H3,(H,17,18,19). The number of alkyl halides is 1. The lowest BCUT2D eigenvalue weighted by molar-refractivity contribution is 0.306. The molecule has 0 aliphatic carbocycles. The van der Waals surface area contributed by atoms with E-state index in [1.54, 1.807) is 6.92 Å². The molecular formula is C15H11ClN2O2S. The van der Waals surface area contributed by atoms with E-state index in [1.165, 1.54) is 11.3 Å². The minimum atomic E-state index is -0.329. The lowest BCUT2D eigenvalue weighted by Gasteiger charge is -2.17. The molecule has 1 atom stereocenters. The van der Waals surface area contributed by atoms with E-state index >= 15 is 0 Å². The summed E-state index contributed by atoms with van der Waals surface area (Å²) in [6.07, 6.45) is 0. The number of hydrogen-bond donors (Lipinski definition) is 1. The van der Waals surface area contributed by atoms with Gasteiger partial charge in [0, 0.05) is 11.1 Å². The lowest BCUT2D eigenvalue weighted by atomic mass is 10.0. The van der Waals surface area contributed by atoms with Gasteiger partial charge in [0.1, 0.15) is 23.0 Å². The largest absolute Gasteiger partial charge is 0.487 e. The van der Waals surface area contributed by atoms with Gasteiger partial charge in [-0.15, -0.1) is 22.9 Å². The molecule has 2 aromatic heterocycles. The van der Waals surface area contributed by atoms with Crippen LogP contribution in [0.4, 0.5) is 0 Å². The molecule has 6 heteroatoms. The molecule has 21 heavy (non-hydrogen) atoms. The predicted molar refractivity (Wildman–Crippen MR) is 84.3 cm³/mol. The maximum atomic E-state index is 12.5. The number of hydrogen-bond acceptors (Lipinski definition) is 4. The number of fused-ring (bicyclic) bond motifs is 5. The van der Waals surface area contributed by atoms with Gasteiger partial charge in [-0.3, -0.25) is 4.79 Å². The molecule has 0 spiro atoms. The van der Waals surface area contributed by atoms with Gasteiger partial charge < -0.3 is 9.72 Å². The molecule has 1 N–H and O–H groups in total. The average Bonchev–Trinajstić information content (AvgIpc) is 2.86. The first-order valence-corrected chi connectivity index (χ1v) is 7.82. The molecule has 106 valence electrons. The van der Waals surface area contributed by atoms with E-state index in [1.807, 2.05) is 24.3 Å². The maximum Gasteiger partial charge on any atom is 0.260 e. The van der Waals surface area contributed by atoms with Gasteiger partial charge in [-0.2, -0.15) is 0 Å². The van der Waals surface area contributed by atoms with E-state index in [9.17, 15) is 4.79 Å². The van der Waals surface area contributed by atoms with Crippen molar-refractivity contribution in [1.29, 1.82) is 0 Å². The van der Waals surface area contributed by atoms with Crippen LogP contribution < -0.4 is 10.3 Å². The van der Waals surface area contributed by atoms with Crippen molar-refractivity contribution in [3.63, 3.8) is 0 Å². The Kier molecular flexibility index (Phi) is 2.80. The molecule has 1 aliphatic heterocycles. The van der Waals surface area contributed by atoms with Gasteiger partial charge in [0.25, 0.3) is 5.56 Å². The maximum absolute atomic E-state index is 12.5. The monoisotopic (exact) mass is 318 g/mol. The summed E-state index contributed by atoms with van der Waals surface area (Å²) in [7, 11) is 0. The summed E-state index contributed by atoms with van der Waals surface area (Å²) in [6, 6.07) is 7.75. The Labute approximate surface area is 129 Å². The van der Waals surface area contributed by atoms with Gasteiger partial charge in [-0.25, -0.2) is 4.98 Å². The summed E-state index contributed by atoms with van der Waals surface area (Å²) in [5.74, 6) is 1.31. The highest BCUT2D eigenvalue weighted by Gasteiger charge is 2.25. The number of aromatic amines is 1. The number of nitrogens with one attached hydrogen (secondary N) is 1. The molecule has 4 nitrogen and oxygen atoms in total. The summed E-state index contributed by atoms with van der Waals surface area (Å²) in [5.41, 5.74) is 1.75. The summed E-state index contributed by atoms with van der Waals surface area (Å²) in [4.78, 5) is 21.5. The van der Waals surface area contributed by atoms with Crippen molar-refractivity contribution in [2.45, 2.75) is 18.9 Å². The molecule has 0 fully saturated rings. The number of benzene rings is 1. The van der Waals surface area contributed by atoms with Gasteiger partial charge >= 0.3 is 0 Å². The van der Waals surface area contributed by atoms with Crippen molar-refractivity contribution in [3.8, 4) is 16.9 Å². The van der Waals surface area contributed by atoms with Crippen LogP contribution in [0.5, 0.6) is 5.75 Å². The van der Waals surface area contributed by atoms with Gasteiger partial charge in [0.2, 0.25) is 0 Å². The Morgan fingerprint density at radius 1 is 1.43 bits per heavy atom. The fraction of sp³-hybridized carbons (Fsp3) is 0.200. The second-order valence-corrected chi connectivity index (χ2v) is 6.67. The minimum absolute atomic E-state index is 0.142. The molecule has 1 unspecified atom stereocenters. The van der Waals surface area contributed by atoms with Crippen molar-refractivity contribution in [2.24, 2.45) is 0 Å². The predicted octanol–water partition coefficient (Wildman–Crippen LogP) is 3.84. The highest BCUT2D eigenvalue weighted by molar-refractivity contribution is 7.19. The zero-order valence-corrected chi connectivity index (χ0v) is 12.7. The third-order valence-electron chi connectivity index (χ3n) is 3.55. The number of nitrogens with zero attached hydrogens (tertiary/aromatic N) is 1. The van der Waals surface area contributed by atoms with E-state index < -0.39 is 0 Å². The second-order valence-electron chi connectivity index (χ2n) is 4.93. The first-order chi connectivity index (χ1) is 10.1. The Morgan fingerprint density at radius 3 is 3.05 bits per heavy atom. The number of halogens is 1. The summed E-state index contributed by atoms with van der Waals surface area (Å²) >= 11 is 7.52. The average molecular weight is 319 g/mol. The number of rotatable bonds is 1. The molecule has 0 bridgehead atoms. The molecule has 0 radical (unpaired) electrons. The molecule has 0 saturated carbocycles. The highest BCUT2D eigenvalue weighted by atomic mass is 35.5. The van der Waals surface area contributed by atoms with Gasteiger partial charge in [0.05, 0.1) is 15.6 Å². The minimum Gasteiger partial charge on any atom is -0.487 e.